The number of nitrogens with zero attached hydrogens (tertiary/aromatic N) is 3. The van der Waals surface area contributed by atoms with Gasteiger partial charge in [-0.1, -0.05) is 0 Å². The van der Waals surface area contributed by atoms with Crippen molar-refractivity contribution in [3.8, 4) is 6.07 Å². The molecule has 0 N–H and O–H groups in total. The van der Waals surface area contributed by atoms with Crippen LogP contribution in [0.1, 0.15) is 29.7 Å². The highest BCUT2D eigenvalue weighted by molar-refractivity contribution is 5.57. The van der Waals surface area contributed by atoms with Crippen LogP contribution in [0.15, 0.2) is 6.07 Å². The third kappa shape index (κ3) is 1.85. The first-order valence-corrected chi connectivity index (χ1v) is 6.53. The summed E-state index contributed by atoms with van der Waals surface area (Å²) in [5.74, 6) is 0.827. The molecule has 1 aliphatic carbocycles. The molecule has 1 aromatic rings. The summed E-state index contributed by atoms with van der Waals surface area (Å²) >= 11 is 0. The number of anilines is 1. The van der Waals surface area contributed by atoms with Crippen LogP contribution in [-0.2, 0) is 17.6 Å². The Hall–Kier alpha value is -1.60. The lowest BCUT2D eigenvalue weighted by atomic mass is 10.1. The van der Waals surface area contributed by atoms with Gasteiger partial charge < -0.3 is 9.64 Å². The number of ether oxygens (including phenoxy) is 1. The van der Waals surface area contributed by atoms with E-state index in [0.29, 0.717) is 11.6 Å². The minimum absolute atomic E-state index is 0.351. The molecule has 2 heterocycles. The third-order valence-corrected chi connectivity index (χ3v) is 3.94. The third-order valence-electron chi connectivity index (χ3n) is 3.94. The topological polar surface area (TPSA) is 49.2 Å². The van der Waals surface area contributed by atoms with Crippen LogP contribution in [-0.4, -0.2) is 31.3 Å². The van der Waals surface area contributed by atoms with Gasteiger partial charge in [0, 0.05) is 19.3 Å². The molecule has 0 aromatic carbocycles. The average molecular weight is 243 g/mol. The zero-order valence-corrected chi connectivity index (χ0v) is 10.6. The lowest BCUT2D eigenvalue weighted by Gasteiger charge is -2.25. The van der Waals surface area contributed by atoms with Crippen LogP contribution in [0.2, 0.25) is 0 Å². The second-order valence-electron chi connectivity index (χ2n) is 5.06. The summed E-state index contributed by atoms with van der Waals surface area (Å²) in [6, 6.07) is 4.66. The average Bonchev–Trinajstić information content (AvgIpc) is 3.06. The van der Waals surface area contributed by atoms with Crippen molar-refractivity contribution >= 4 is 5.82 Å². The van der Waals surface area contributed by atoms with E-state index >= 15 is 0 Å². The normalized spacial score (nSPS) is 21.7. The Bertz CT molecular complexity index is 500. The van der Waals surface area contributed by atoms with Gasteiger partial charge in [-0.2, -0.15) is 5.26 Å². The molecule has 0 amide bonds. The first-order valence-electron chi connectivity index (χ1n) is 6.53. The Labute approximate surface area is 107 Å². The predicted molar refractivity (Wildman–Crippen MR) is 68.6 cm³/mol. The number of aryl methyl sites for hydroxylation is 2. The van der Waals surface area contributed by atoms with Gasteiger partial charge in [-0.15, -0.1) is 0 Å². The molecule has 1 aliphatic heterocycles. The van der Waals surface area contributed by atoms with Gasteiger partial charge in [0.05, 0.1) is 18.2 Å². The zero-order valence-electron chi connectivity index (χ0n) is 10.6. The molecule has 0 saturated carbocycles. The van der Waals surface area contributed by atoms with E-state index in [1.54, 1.807) is 0 Å². The number of fused-ring (bicyclic) bond motifs is 1. The lowest BCUT2D eigenvalue weighted by Crippen LogP contribution is -2.33. The van der Waals surface area contributed by atoms with Gasteiger partial charge >= 0.3 is 0 Å². The van der Waals surface area contributed by atoms with Gasteiger partial charge in [-0.3, -0.25) is 0 Å². The summed E-state index contributed by atoms with van der Waals surface area (Å²) in [6.07, 6.45) is 4.28. The Kier molecular flexibility index (Phi) is 2.92. The van der Waals surface area contributed by atoms with Crippen molar-refractivity contribution in [2.45, 2.75) is 31.7 Å². The van der Waals surface area contributed by atoms with Crippen LogP contribution in [0.3, 0.4) is 0 Å². The van der Waals surface area contributed by atoms with Crippen molar-refractivity contribution in [1.29, 1.82) is 5.26 Å². The number of likely N-dealkylation sites (N-methyl/N-ethyl adjacent to an activating group) is 1. The van der Waals surface area contributed by atoms with Crippen molar-refractivity contribution in [2.75, 3.05) is 25.2 Å². The van der Waals surface area contributed by atoms with Crippen LogP contribution >= 0.6 is 0 Å². The van der Waals surface area contributed by atoms with E-state index in [-0.39, 0.29) is 0 Å². The minimum atomic E-state index is 0.351. The van der Waals surface area contributed by atoms with Crippen molar-refractivity contribution in [3.63, 3.8) is 0 Å². The Morgan fingerprint density at radius 1 is 1.50 bits per heavy atom. The summed E-state index contributed by atoms with van der Waals surface area (Å²) in [5.41, 5.74) is 3.13. The molecule has 0 radical (unpaired) electrons. The van der Waals surface area contributed by atoms with Crippen LogP contribution in [0.4, 0.5) is 5.82 Å². The summed E-state index contributed by atoms with van der Waals surface area (Å²) in [7, 11) is 2.02. The second-order valence-corrected chi connectivity index (χ2v) is 5.06. The molecule has 4 heteroatoms. The molecule has 2 aliphatic rings. The molecule has 1 atom stereocenters. The number of pyridine rings is 1. The Morgan fingerprint density at radius 2 is 2.39 bits per heavy atom. The van der Waals surface area contributed by atoms with Gasteiger partial charge in [0.15, 0.2) is 0 Å². The zero-order chi connectivity index (χ0) is 12.5. The largest absolute Gasteiger partial charge is 0.379 e. The molecule has 1 aromatic heterocycles. The Balaban J connectivity index is 1.97. The molecule has 1 fully saturated rings. The molecule has 1 saturated heterocycles. The van der Waals surface area contributed by atoms with Gasteiger partial charge in [-0.25, -0.2) is 4.98 Å². The maximum absolute atomic E-state index is 9.29. The van der Waals surface area contributed by atoms with Crippen molar-refractivity contribution in [1.82, 2.24) is 4.98 Å². The quantitative estimate of drug-likeness (QED) is 0.792. The fourth-order valence-electron chi connectivity index (χ4n) is 2.81. The minimum Gasteiger partial charge on any atom is -0.379 e. The summed E-state index contributed by atoms with van der Waals surface area (Å²) in [5, 5.41) is 9.29. The van der Waals surface area contributed by atoms with Gasteiger partial charge in [-0.05, 0) is 37.3 Å². The smallest absolute Gasteiger partial charge is 0.146 e. The van der Waals surface area contributed by atoms with Crippen molar-refractivity contribution in [2.24, 2.45) is 0 Å². The fourth-order valence-corrected chi connectivity index (χ4v) is 2.81. The maximum Gasteiger partial charge on any atom is 0.146 e. The molecule has 0 spiro atoms. The van der Waals surface area contributed by atoms with Gasteiger partial charge in [0.1, 0.15) is 11.9 Å². The van der Waals surface area contributed by atoms with E-state index in [1.165, 1.54) is 11.3 Å². The summed E-state index contributed by atoms with van der Waals surface area (Å²) in [6.45, 7) is 1.54. The van der Waals surface area contributed by atoms with Crippen molar-refractivity contribution in [3.05, 3.63) is 22.9 Å². The lowest BCUT2D eigenvalue weighted by molar-refractivity contribution is 0.193. The van der Waals surface area contributed by atoms with Crippen LogP contribution in [0, 0.1) is 11.3 Å². The van der Waals surface area contributed by atoms with Crippen LogP contribution in [0.5, 0.6) is 0 Å². The van der Waals surface area contributed by atoms with Gasteiger partial charge in [0.25, 0.3) is 0 Å². The summed E-state index contributed by atoms with van der Waals surface area (Å²) < 4.78 is 5.41. The number of aromatic nitrogens is 1. The maximum atomic E-state index is 9.29. The predicted octanol–water partition coefficient (Wildman–Crippen LogP) is 1.67. The Morgan fingerprint density at radius 3 is 3.11 bits per heavy atom. The number of hydrogen-bond acceptors (Lipinski definition) is 4. The SMILES string of the molecule is CN(c1nc2c(cc1C#N)CCC2)C1CCOC1. The number of rotatable bonds is 2. The number of hydrogen-bond donors (Lipinski definition) is 0. The van der Waals surface area contributed by atoms with Gasteiger partial charge in [0.2, 0.25) is 0 Å². The monoisotopic (exact) mass is 243 g/mol. The summed E-state index contributed by atoms with van der Waals surface area (Å²) in [4.78, 5) is 6.83. The fraction of sp³-hybridized carbons (Fsp3) is 0.571. The van der Waals surface area contributed by atoms with E-state index in [2.05, 4.69) is 11.0 Å². The molecule has 18 heavy (non-hydrogen) atoms. The van der Waals surface area contributed by atoms with E-state index in [1.807, 2.05) is 13.1 Å². The van der Waals surface area contributed by atoms with E-state index in [4.69, 9.17) is 9.72 Å². The van der Waals surface area contributed by atoms with E-state index < -0.39 is 0 Å². The molecular weight excluding hydrogens is 226 g/mol. The highest BCUT2D eigenvalue weighted by Crippen LogP contribution is 2.28. The number of nitriles is 1. The first kappa shape index (κ1) is 11.5. The van der Waals surface area contributed by atoms with Crippen molar-refractivity contribution < 1.29 is 4.74 Å². The molecule has 3 rings (SSSR count). The first-order chi connectivity index (χ1) is 8.79. The van der Waals surface area contributed by atoms with E-state index in [9.17, 15) is 5.26 Å². The van der Waals surface area contributed by atoms with E-state index in [0.717, 1.165) is 44.7 Å². The molecular formula is C14H17N3O. The standard InChI is InChI=1S/C14H17N3O/c1-17(12-5-6-18-9-12)14-11(8-15)7-10-3-2-4-13(10)16-14/h7,12H,2-6,9H2,1H3. The van der Waals surface area contributed by atoms with Crippen LogP contribution < -0.4 is 4.90 Å². The molecule has 1 unspecified atom stereocenters. The highest BCUT2D eigenvalue weighted by atomic mass is 16.5. The molecule has 94 valence electrons. The molecule has 4 nitrogen and oxygen atoms in total. The second kappa shape index (κ2) is 4.58. The highest BCUT2D eigenvalue weighted by Gasteiger charge is 2.25. The van der Waals surface area contributed by atoms with Crippen LogP contribution in [0.25, 0.3) is 0 Å². The molecule has 0 bridgehead atoms.